The predicted molar refractivity (Wildman–Crippen MR) is 126 cm³/mol. The topological polar surface area (TPSA) is 28.2 Å². The molecule has 0 spiro atoms. The molecule has 3 aromatic rings. The normalized spacial score (nSPS) is 28.8. The number of anilines is 2. The summed E-state index contributed by atoms with van der Waals surface area (Å²) < 4.78 is 13.8. The Balaban J connectivity index is 1.38. The van der Waals surface area contributed by atoms with Crippen molar-refractivity contribution in [2.45, 2.75) is 44.1 Å². The smallest absolute Gasteiger partial charge is 0.123 e. The highest BCUT2D eigenvalue weighted by Gasteiger charge is 2.50. The van der Waals surface area contributed by atoms with E-state index in [1.807, 2.05) is 6.07 Å². The Bertz CT molecular complexity index is 1120. The van der Waals surface area contributed by atoms with Gasteiger partial charge in [0, 0.05) is 42.0 Å². The molecule has 0 amide bonds. The van der Waals surface area contributed by atoms with Gasteiger partial charge in [-0.05, 0) is 92.7 Å². The molecule has 2 aromatic carbocycles. The van der Waals surface area contributed by atoms with E-state index >= 15 is 0 Å². The molecule has 4 aliphatic rings. The van der Waals surface area contributed by atoms with Crippen LogP contribution in [0.25, 0.3) is 22.2 Å². The second kappa shape index (κ2) is 6.94. The van der Waals surface area contributed by atoms with Crippen molar-refractivity contribution in [3.05, 3.63) is 54.3 Å². The van der Waals surface area contributed by atoms with Crippen LogP contribution in [0.5, 0.6) is 0 Å². The van der Waals surface area contributed by atoms with Crippen molar-refractivity contribution in [2.75, 3.05) is 24.3 Å². The van der Waals surface area contributed by atoms with Crippen molar-refractivity contribution >= 4 is 22.3 Å². The van der Waals surface area contributed by atoms with Crippen LogP contribution in [0.2, 0.25) is 0 Å². The molecule has 1 N–H and O–H groups in total. The second-order valence-corrected chi connectivity index (χ2v) is 10.5. The van der Waals surface area contributed by atoms with Crippen LogP contribution >= 0.6 is 0 Å². The maximum Gasteiger partial charge on any atom is 0.123 e. The average molecular weight is 416 g/mol. The lowest BCUT2D eigenvalue weighted by atomic mass is 9.53. The van der Waals surface area contributed by atoms with E-state index in [1.54, 1.807) is 12.1 Å². The Kier molecular flexibility index (Phi) is 4.28. The number of nitrogens with one attached hydrogen (secondary N) is 1. The van der Waals surface area contributed by atoms with Crippen molar-refractivity contribution in [3.8, 4) is 11.3 Å². The lowest BCUT2D eigenvalue weighted by Gasteiger charge is -2.57. The van der Waals surface area contributed by atoms with Gasteiger partial charge in [-0.3, -0.25) is 0 Å². The van der Waals surface area contributed by atoms with Crippen LogP contribution in [-0.4, -0.2) is 24.6 Å². The largest absolute Gasteiger partial charge is 0.380 e. The van der Waals surface area contributed by atoms with Gasteiger partial charge in [0.15, 0.2) is 0 Å². The van der Waals surface area contributed by atoms with E-state index < -0.39 is 0 Å². The molecule has 1 aromatic heterocycles. The number of hydrogen-bond donors (Lipinski definition) is 1. The van der Waals surface area contributed by atoms with Gasteiger partial charge >= 0.3 is 0 Å². The number of nitrogens with zero attached hydrogens (tertiary/aromatic N) is 2. The molecule has 7 rings (SSSR count). The standard InChI is InChI=1S/C27H30FN3/c1-31(2)26-13-25(20-4-3-5-21(28)11-20)29-24-7-6-22(12-23(24)26)30-27-14-17-8-18(15-27)10-19(9-17)16-27/h3-7,11-13,17-19,30H,8-10,14-16H2,1-2H3. The number of halogens is 1. The minimum Gasteiger partial charge on any atom is -0.380 e. The van der Waals surface area contributed by atoms with E-state index in [4.69, 9.17) is 4.98 Å². The molecule has 4 aliphatic carbocycles. The Morgan fingerprint density at radius 2 is 1.65 bits per heavy atom. The number of benzene rings is 2. The zero-order valence-electron chi connectivity index (χ0n) is 18.4. The summed E-state index contributed by atoms with van der Waals surface area (Å²) >= 11 is 0. The molecular formula is C27H30FN3. The highest BCUT2D eigenvalue weighted by Crippen LogP contribution is 2.56. The third-order valence-corrected chi connectivity index (χ3v) is 7.84. The van der Waals surface area contributed by atoms with E-state index in [0.29, 0.717) is 0 Å². The summed E-state index contributed by atoms with van der Waals surface area (Å²) in [6.07, 6.45) is 8.35. The number of rotatable bonds is 4. The molecule has 0 unspecified atom stereocenters. The van der Waals surface area contributed by atoms with Crippen LogP contribution < -0.4 is 10.2 Å². The SMILES string of the molecule is CN(C)c1cc(-c2cccc(F)c2)nc2ccc(NC34CC5CC(CC(C5)C3)C4)cc12. The average Bonchev–Trinajstić information content (AvgIpc) is 2.71. The van der Waals surface area contributed by atoms with Gasteiger partial charge in [0.1, 0.15) is 5.82 Å². The quantitative estimate of drug-likeness (QED) is 0.528. The number of hydrogen-bond acceptors (Lipinski definition) is 3. The van der Waals surface area contributed by atoms with Gasteiger partial charge < -0.3 is 10.2 Å². The summed E-state index contributed by atoms with van der Waals surface area (Å²) in [5, 5.41) is 5.14. The Hall–Kier alpha value is -2.62. The molecule has 3 nitrogen and oxygen atoms in total. The molecule has 4 bridgehead atoms. The van der Waals surface area contributed by atoms with E-state index in [-0.39, 0.29) is 11.4 Å². The number of pyridine rings is 1. The number of aromatic nitrogens is 1. The van der Waals surface area contributed by atoms with Gasteiger partial charge in [0.25, 0.3) is 0 Å². The highest BCUT2D eigenvalue weighted by molar-refractivity contribution is 5.96. The molecule has 160 valence electrons. The fraction of sp³-hybridized carbons (Fsp3) is 0.444. The molecule has 0 radical (unpaired) electrons. The molecule has 4 fully saturated rings. The summed E-state index contributed by atoms with van der Waals surface area (Å²) in [5.74, 6) is 2.53. The fourth-order valence-corrected chi connectivity index (χ4v) is 7.02. The predicted octanol–water partition coefficient (Wildman–Crippen LogP) is 6.49. The molecule has 4 heteroatoms. The summed E-state index contributed by atoms with van der Waals surface area (Å²) in [6, 6.07) is 15.3. The monoisotopic (exact) mass is 415 g/mol. The van der Waals surface area contributed by atoms with Crippen molar-refractivity contribution in [2.24, 2.45) is 17.8 Å². The highest BCUT2D eigenvalue weighted by atomic mass is 19.1. The molecule has 31 heavy (non-hydrogen) atoms. The number of fused-ring (bicyclic) bond motifs is 1. The Labute approximate surface area is 183 Å². The van der Waals surface area contributed by atoms with E-state index in [2.05, 4.69) is 48.6 Å². The zero-order chi connectivity index (χ0) is 21.2. The minimum absolute atomic E-state index is 0.235. The molecule has 1 heterocycles. The summed E-state index contributed by atoms with van der Waals surface area (Å²) in [7, 11) is 4.12. The third kappa shape index (κ3) is 3.37. The van der Waals surface area contributed by atoms with Crippen LogP contribution in [0, 0.1) is 23.6 Å². The lowest BCUT2D eigenvalue weighted by Crippen LogP contribution is -2.54. The van der Waals surface area contributed by atoms with Gasteiger partial charge in [0.2, 0.25) is 0 Å². The van der Waals surface area contributed by atoms with Crippen LogP contribution in [0.1, 0.15) is 38.5 Å². The first-order valence-corrected chi connectivity index (χ1v) is 11.6. The van der Waals surface area contributed by atoms with Crippen molar-refractivity contribution in [1.82, 2.24) is 4.98 Å². The Morgan fingerprint density at radius 1 is 0.935 bits per heavy atom. The lowest BCUT2D eigenvalue weighted by molar-refractivity contribution is 0.0107. The van der Waals surface area contributed by atoms with Gasteiger partial charge in [-0.2, -0.15) is 0 Å². The molecule has 0 atom stereocenters. The first kappa shape index (κ1) is 19.1. The third-order valence-electron chi connectivity index (χ3n) is 7.84. The molecule has 0 saturated heterocycles. The van der Waals surface area contributed by atoms with Gasteiger partial charge in [-0.1, -0.05) is 12.1 Å². The molecule has 4 saturated carbocycles. The molecule has 0 aliphatic heterocycles. The van der Waals surface area contributed by atoms with Gasteiger partial charge in [-0.15, -0.1) is 0 Å². The Morgan fingerprint density at radius 3 is 2.29 bits per heavy atom. The van der Waals surface area contributed by atoms with E-state index in [0.717, 1.165) is 45.6 Å². The first-order chi connectivity index (χ1) is 15.0. The van der Waals surface area contributed by atoms with Gasteiger partial charge in [0.05, 0.1) is 11.2 Å². The van der Waals surface area contributed by atoms with Crippen LogP contribution in [0.15, 0.2) is 48.5 Å². The fourth-order valence-electron chi connectivity index (χ4n) is 7.02. The van der Waals surface area contributed by atoms with Crippen LogP contribution in [0.4, 0.5) is 15.8 Å². The summed E-state index contributed by atoms with van der Waals surface area (Å²) in [6.45, 7) is 0. The van der Waals surface area contributed by atoms with E-state index in [1.165, 1.54) is 50.3 Å². The van der Waals surface area contributed by atoms with Crippen molar-refractivity contribution in [3.63, 3.8) is 0 Å². The summed E-state index contributed by atoms with van der Waals surface area (Å²) in [5.41, 5.74) is 5.16. The maximum absolute atomic E-state index is 13.8. The minimum atomic E-state index is -0.235. The van der Waals surface area contributed by atoms with Crippen LogP contribution in [0.3, 0.4) is 0 Å². The second-order valence-electron chi connectivity index (χ2n) is 10.5. The zero-order valence-corrected chi connectivity index (χ0v) is 18.4. The molecular weight excluding hydrogens is 385 g/mol. The summed E-state index contributed by atoms with van der Waals surface area (Å²) in [4.78, 5) is 7.00. The van der Waals surface area contributed by atoms with Crippen molar-refractivity contribution < 1.29 is 4.39 Å². The van der Waals surface area contributed by atoms with E-state index in [9.17, 15) is 4.39 Å². The first-order valence-electron chi connectivity index (χ1n) is 11.6. The van der Waals surface area contributed by atoms with Crippen molar-refractivity contribution in [1.29, 1.82) is 0 Å². The van der Waals surface area contributed by atoms with Gasteiger partial charge in [-0.25, -0.2) is 9.37 Å². The maximum atomic E-state index is 13.8. The van der Waals surface area contributed by atoms with Crippen LogP contribution in [-0.2, 0) is 0 Å².